The topological polar surface area (TPSA) is 74.5 Å². The van der Waals surface area contributed by atoms with Gasteiger partial charge in [-0.25, -0.2) is 4.79 Å². The summed E-state index contributed by atoms with van der Waals surface area (Å²) in [6, 6.07) is 7.46. The summed E-state index contributed by atoms with van der Waals surface area (Å²) < 4.78 is 15.8. The average Bonchev–Trinajstić information content (AvgIpc) is 2.95. The van der Waals surface area contributed by atoms with Gasteiger partial charge in [-0.1, -0.05) is 38.1 Å². The van der Waals surface area contributed by atoms with Crippen molar-refractivity contribution in [1.29, 1.82) is 0 Å². The molecule has 6 nitrogen and oxygen atoms in total. The van der Waals surface area contributed by atoms with Crippen LogP contribution in [-0.2, 0) is 14.9 Å². The molecule has 1 aromatic heterocycles. The number of aryl methyl sites for hydroxylation is 1. The van der Waals surface area contributed by atoms with E-state index in [0.717, 1.165) is 5.56 Å². The second-order valence-corrected chi connectivity index (χ2v) is 6.44. The number of esters is 1. The second-order valence-electron chi connectivity index (χ2n) is 6.44. The number of aromatic nitrogens is 2. The molecule has 0 saturated heterocycles. The van der Waals surface area contributed by atoms with E-state index in [9.17, 15) is 4.79 Å². The largest absolute Gasteiger partial charge is 0.482 e. The number of rotatable bonds is 5. The van der Waals surface area contributed by atoms with Crippen LogP contribution in [0.4, 0.5) is 0 Å². The number of hydrogen-bond acceptors (Lipinski definition) is 6. The maximum atomic E-state index is 11.9. The zero-order chi connectivity index (χ0) is 17.0. The lowest BCUT2D eigenvalue weighted by Gasteiger charge is -2.12. The molecule has 2 aromatic rings. The highest BCUT2D eigenvalue weighted by atomic mass is 16.6. The Bertz CT molecular complexity index is 673. The molecule has 0 amide bonds. The maximum absolute atomic E-state index is 11.9. The number of hydrogen-bond donors (Lipinski definition) is 0. The van der Waals surface area contributed by atoms with Crippen LogP contribution in [0.5, 0.6) is 5.75 Å². The Hall–Kier alpha value is -2.37. The third-order valence-corrected chi connectivity index (χ3v) is 3.11. The van der Waals surface area contributed by atoms with Gasteiger partial charge >= 0.3 is 5.97 Å². The molecule has 0 aliphatic rings. The Morgan fingerprint density at radius 3 is 2.70 bits per heavy atom. The average molecular weight is 318 g/mol. The van der Waals surface area contributed by atoms with Gasteiger partial charge in [-0.15, -0.1) is 0 Å². The Morgan fingerprint density at radius 2 is 2.09 bits per heavy atom. The summed E-state index contributed by atoms with van der Waals surface area (Å²) in [5.41, 5.74) is 0.838. The van der Waals surface area contributed by atoms with Crippen molar-refractivity contribution in [3.8, 4) is 5.75 Å². The van der Waals surface area contributed by atoms with Crippen molar-refractivity contribution >= 4 is 5.97 Å². The van der Waals surface area contributed by atoms with Crippen molar-refractivity contribution < 1.29 is 18.8 Å². The van der Waals surface area contributed by atoms with Gasteiger partial charge in [-0.3, -0.25) is 0 Å². The van der Waals surface area contributed by atoms with Gasteiger partial charge in [0.1, 0.15) is 5.75 Å². The highest BCUT2D eigenvalue weighted by Crippen LogP contribution is 2.22. The van der Waals surface area contributed by atoms with Gasteiger partial charge in [0.2, 0.25) is 0 Å². The lowest BCUT2D eigenvalue weighted by atomic mass is 9.96. The van der Waals surface area contributed by atoms with Crippen LogP contribution in [0, 0.1) is 6.92 Å². The van der Waals surface area contributed by atoms with Crippen LogP contribution >= 0.6 is 0 Å². The van der Waals surface area contributed by atoms with E-state index < -0.39 is 12.1 Å². The predicted molar refractivity (Wildman–Crippen MR) is 84.2 cm³/mol. The van der Waals surface area contributed by atoms with E-state index in [1.54, 1.807) is 13.0 Å². The summed E-state index contributed by atoms with van der Waals surface area (Å²) in [6.45, 7) is 9.41. The van der Waals surface area contributed by atoms with Crippen molar-refractivity contribution in [1.82, 2.24) is 10.1 Å². The van der Waals surface area contributed by atoms with Crippen LogP contribution < -0.4 is 4.74 Å². The first kappa shape index (κ1) is 17.0. The van der Waals surface area contributed by atoms with Gasteiger partial charge in [0.25, 0.3) is 5.89 Å². The number of benzene rings is 1. The van der Waals surface area contributed by atoms with E-state index in [1.165, 1.54) is 0 Å². The molecule has 0 N–H and O–H groups in total. The normalized spacial score (nSPS) is 12.7. The lowest BCUT2D eigenvalue weighted by Crippen LogP contribution is -2.17. The molecular weight excluding hydrogens is 296 g/mol. The van der Waals surface area contributed by atoms with Crippen molar-refractivity contribution in [2.24, 2.45) is 0 Å². The molecule has 0 aliphatic carbocycles. The second kappa shape index (κ2) is 6.81. The quantitative estimate of drug-likeness (QED) is 0.787. The van der Waals surface area contributed by atoms with E-state index in [2.05, 4.69) is 10.1 Å². The first-order valence-corrected chi connectivity index (χ1v) is 7.49. The number of ether oxygens (including phenoxy) is 2. The fraction of sp³-hybridized carbons (Fsp3) is 0.471. The molecule has 124 valence electrons. The first-order chi connectivity index (χ1) is 10.8. The van der Waals surface area contributed by atoms with Crippen molar-refractivity contribution in [2.75, 3.05) is 6.61 Å². The summed E-state index contributed by atoms with van der Waals surface area (Å²) in [4.78, 5) is 16.1. The van der Waals surface area contributed by atoms with Gasteiger partial charge in [0.05, 0.1) is 0 Å². The Morgan fingerprint density at radius 1 is 1.35 bits per heavy atom. The van der Waals surface area contributed by atoms with Gasteiger partial charge < -0.3 is 14.0 Å². The van der Waals surface area contributed by atoms with Gasteiger partial charge in [0, 0.05) is 5.41 Å². The maximum Gasteiger partial charge on any atom is 0.344 e. The summed E-state index contributed by atoms with van der Waals surface area (Å²) in [7, 11) is 0. The van der Waals surface area contributed by atoms with Crippen molar-refractivity contribution in [3.63, 3.8) is 0 Å². The summed E-state index contributed by atoms with van der Waals surface area (Å²) in [5, 5.41) is 3.91. The fourth-order valence-corrected chi connectivity index (χ4v) is 1.83. The zero-order valence-electron chi connectivity index (χ0n) is 14.1. The minimum atomic E-state index is -0.618. The third-order valence-electron chi connectivity index (χ3n) is 3.11. The standard InChI is InChI=1S/C17H22N2O4/c1-11-7-6-8-13(9-11)21-10-14(20)22-12(2)15-18-16(19-23-15)17(3,4)5/h6-9,12H,10H2,1-5H3. The van der Waals surface area contributed by atoms with E-state index in [4.69, 9.17) is 14.0 Å². The smallest absolute Gasteiger partial charge is 0.344 e. The van der Waals surface area contributed by atoms with Gasteiger partial charge in [-0.05, 0) is 31.5 Å². The number of carbonyl (C=O) groups is 1. The number of carbonyl (C=O) groups excluding carboxylic acids is 1. The van der Waals surface area contributed by atoms with E-state index in [-0.39, 0.29) is 17.9 Å². The molecule has 0 bridgehead atoms. The van der Waals surface area contributed by atoms with Crippen LogP contribution in [0.3, 0.4) is 0 Å². The summed E-state index contributed by atoms with van der Waals surface area (Å²) in [5.74, 6) is 0.988. The molecule has 0 fully saturated rings. The first-order valence-electron chi connectivity index (χ1n) is 7.49. The molecule has 0 saturated carbocycles. The Kier molecular flexibility index (Phi) is 5.03. The highest BCUT2D eigenvalue weighted by Gasteiger charge is 2.24. The van der Waals surface area contributed by atoms with Gasteiger partial charge in [0.15, 0.2) is 18.5 Å². The molecule has 0 radical (unpaired) electrons. The molecule has 6 heteroatoms. The number of nitrogens with zero attached hydrogens (tertiary/aromatic N) is 2. The molecule has 2 rings (SSSR count). The van der Waals surface area contributed by atoms with Crippen LogP contribution in [0.25, 0.3) is 0 Å². The van der Waals surface area contributed by atoms with Crippen molar-refractivity contribution in [2.45, 2.75) is 46.1 Å². The molecule has 1 unspecified atom stereocenters. The summed E-state index contributed by atoms with van der Waals surface area (Å²) >= 11 is 0. The van der Waals surface area contributed by atoms with Gasteiger partial charge in [-0.2, -0.15) is 4.98 Å². The zero-order valence-corrected chi connectivity index (χ0v) is 14.1. The minimum Gasteiger partial charge on any atom is -0.482 e. The molecule has 0 spiro atoms. The third kappa shape index (κ3) is 4.81. The minimum absolute atomic E-state index is 0.173. The Labute approximate surface area is 135 Å². The van der Waals surface area contributed by atoms with E-state index >= 15 is 0 Å². The van der Waals surface area contributed by atoms with Crippen LogP contribution in [0.1, 0.15) is 51.1 Å². The highest BCUT2D eigenvalue weighted by molar-refractivity contribution is 5.71. The van der Waals surface area contributed by atoms with Crippen LogP contribution in [0.15, 0.2) is 28.8 Å². The molecule has 0 aliphatic heterocycles. The van der Waals surface area contributed by atoms with Crippen LogP contribution in [-0.4, -0.2) is 22.7 Å². The molecule has 23 heavy (non-hydrogen) atoms. The SMILES string of the molecule is Cc1cccc(OCC(=O)OC(C)c2nc(C(C)(C)C)no2)c1. The Balaban J connectivity index is 1.88. The molecule has 1 atom stereocenters. The molecule has 1 aromatic carbocycles. The lowest BCUT2D eigenvalue weighted by molar-refractivity contribution is -0.152. The summed E-state index contributed by atoms with van der Waals surface area (Å²) in [6.07, 6.45) is -0.618. The predicted octanol–water partition coefficient (Wildman–Crippen LogP) is 3.36. The molecule has 1 heterocycles. The monoisotopic (exact) mass is 318 g/mol. The van der Waals surface area contributed by atoms with E-state index in [0.29, 0.717) is 11.6 Å². The van der Waals surface area contributed by atoms with E-state index in [1.807, 2.05) is 45.9 Å². The van der Waals surface area contributed by atoms with Crippen molar-refractivity contribution in [3.05, 3.63) is 41.5 Å². The molecular formula is C17H22N2O4. The fourth-order valence-electron chi connectivity index (χ4n) is 1.83. The van der Waals surface area contributed by atoms with Crippen LogP contribution in [0.2, 0.25) is 0 Å².